The number of nitrogens with zero attached hydrogens (tertiary/aromatic N) is 4. The summed E-state index contributed by atoms with van der Waals surface area (Å²) in [4.78, 5) is 11.3. The number of benzene rings is 1. The van der Waals surface area contributed by atoms with Crippen LogP contribution in [-0.4, -0.2) is 38.4 Å². The molecule has 0 spiro atoms. The van der Waals surface area contributed by atoms with Crippen LogP contribution in [0.15, 0.2) is 30.3 Å². The number of ether oxygens (including phenoxy) is 1. The lowest BCUT2D eigenvalue weighted by molar-refractivity contribution is -0.144. The summed E-state index contributed by atoms with van der Waals surface area (Å²) in [7, 11) is 1.58. The molecule has 0 bridgehead atoms. The lowest BCUT2D eigenvalue weighted by Gasteiger charge is -2.17. The Labute approximate surface area is 121 Å². The molecule has 7 nitrogen and oxygen atoms in total. The summed E-state index contributed by atoms with van der Waals surface area (Å²) in [5, 5.41) is 20.9. The van der Waals surface area contributed by atoms with Crippen molar-refractivity contribution in [3.05, 3.63) is 41.7 Å². The largest absolute Gasteiger partial charge is 0.481 e. The molecule has 1 heterocycles. The molecule has 1 N–H and O–H groups in total. The number of carboxylic acids is 1. The number of carboxylic acid groups (broad SMARTS) is 1. The minimum atomic E-state index is -0.794. The van der Waals surface area contributed by atoms with Crippen molar-refractivity contribution in [1.82, 2.24) is 20.2 Å². The molecule has 1 aromatic heterocycles. The van der Waals surface area contributed by atoms with Crippen LogP contribution < -0.4 is 0 Å². The summed E-state index contributed by atoms with van der Waals surface area (Å²) < 4.78 is 7.05. The van der Waals surface area contributed by atoms with Gasteiger partial charge in [-0.3, -0.25) is 4.79 Å². The molecule has 21 heavy (non-hydrogen) atoms. The molecule has 110 valence electrons. The minimum absolute atomic E-state index is 0.275. The molecule has 0 saturated heterocycles. The molecule has 0 amide bonds. The van der Waals surface area contributed by atoms with E-state index in [-0.39, 0.29) is 6.54 Å². The zero-order chi connectivity index (χ0) is 14.9. The number of aliphatic carboxylic acids is 1. The molecule has 0 radical (unpaired) electrons. The van der Waals surface area contributed by atoms with Crippen LogP contribution in [0.3, 0.4) is 0 Å². The van der Waals surface area contributed by atoms with Crippen LogP contribution >= 0.6 is 0 Å². The third-order valence-corrected chi connectivity index (χ3v) is 3.89. The predicted octanol–water partition coefficient (Wildman–Crippen LogP) is 1.27. The van der Waals surface area contributed by atoms with Gasteiger partial charge >= 0.3 is 5.97 Å². The second kappa shape index (κ2) is 5.25. The Bertz CT molecular complexity index is 637. The van der Waals surface area contributed by atoms with Gasteiger partial charge in [-0.15, -0.1) is 5.10 Å². The van der Waals surface area contributed by atoms with E-state index < -0.39 is 17.5 Å². The van der Waals surface area contributed by atoms with E-state index in [0.717, 1.165) is 5.56 Å². The van der Waals surface area contributed by atoms with Crippen LogP contribution in [0, 0.1) is 5.41 Å². The minimum Gasteiger partial charge on any atom is -0.481 e. The van der Waals surface area contributed by atoms with Crippen molar-refractivity contribution in [2.45, 2.75) is 25.5 Å². The van der Waals surface area contributed by atoms with Crippen molar-refractivity contribution in [2.24, 2.45) is 5.41 Å². The smallest absolute Gasteiger partial charge is 0.311 e. The molecule has 1 saturated carbocycles. The van der Waals surface area contributed by atoms with Gasteiger partial charge in [0, 0.05) is 7.11 Å². The monoisotopic (exact) mass is 288 g/mol. The Kier molecular flexibility index (Phi) is 3.42. The highest BCUT2D eigenvalue weighted by molar-refractivity contribution is 5.77. The Balaban J connectivity index is 1.89. The molecule has 0 aliphatic heterocycles. The maximum Gasteiger partial charge on any atom is 0.311 e. The first-order valence-electron chi connectivity index (χ1n) is 6.73. The Morgan fingerprint density at radius 3 is 2.71 bits per heavy atom. The van der Waals surface area contributed by atoms with Crippen molar-refractivity contribution >= 4 is 5.97 Å². The lowest BCUT2D eigenvalue weighted by atomic mass is 10.1. The van der Waals surface area contributed by atoms with E-state index in [1.807, 2.05) is 30.3 Å². The average Bonchev–Trinajstić information content (AvgIpc) is 3.15. The number of rotatable bonds is 6. The van der Waals surface area contributed by atoms with Crippen molar-refractivity contribution in [3.8, 4) is 0 Å². The van der Waals surface area contributed by atoms with Gasteiger partial charge in [0.2, 0.25) is 0 Å². The first-order chi connectivity index (χ1) is 10.2. The highest BCUT2D eigenvalue weighted by atomic mass is 16.5. The average molecular weight is 288 g/mol. The van der Waals surface area contributed by atoms with Crippen molar-refractivity contribution in [3.63, 3.8) is 0 Å². The van der Waals surface area contributed by atoms with Crippen molar-refractivity contribution in [1.29, 1.82) is 0 Å². The molecule has 7 heteroatoms. The Morgan fingerprint density at radius 2 is 2.14 bits per heavy atom. The predicted molar refractivity (Wildman–Crippen MR) is 72.4 cm³/mol. The molecule has 1 unspecified atom stereocenters. The van der Waals surface area contributed by atoms with Gasteiger partial charge in [0.15, 0.2) is 5.82 Å². The van der Waals surface area contributed by atoms with Gasteiger partial charge in [0.05, 0.1) is 12.0 Å². The summed E-state index contributed by atoms with van der Waals surface area (Å²) in [5.74, 6) is -0.270. The zero-order valence-electron chi connectivity index (χ0n) is 11.6. The lowest BCUT2D eigenvalue weighted by Crippen LogP contribution is -2.24. The number of methoxy groups -OCH3 is 1. The van der Waals surface area contributed by atoms with Crippen molar-refractivity contribution < 1.29 is 14.6 Å². The van der Waals surface area contributed by atoms with Gasteiger partial charge in [0.1, 0.15) is 6.10 Å². The van der Waals surface area contributed by atoms with E-state index in [1.165, 1.54) is 0 Å². The van der Waals surface area contributed by atoms with Crippen LogP contribution in [0.25, 0.3) is 0 Å². The normalized spacial score (nSPS) is 17.4. The highest BCUT2D eigenvalue weighted by Gasteiger charge is 2.51. The maximum atomic E-state index is 11.3. The van der Waals surface area contributed by atoms with Gasteiger partial charge in [-0.05, 0) is 28.8 Å². The Morgan fingerprint density at radius 1 is 1.43 bits per heavy atom. The molecule has 1 aromatic carbocycles. The highest BCUT2D eigenvalue weighted by Crippen LogP contribution is 2.47. The summed E-state index contributed by atoms with van der Waals surface area (Å²) in [6, 6.07) is 9.60. The summed E-state index contributed by atoms with van der Waals surface area (Å²) in [6.45, 7) is 0.275. The summed E-state index contributed by atoms with van der Waals surface area (Å²) in [5.41, 5.74) is 0.204. The van der Waals surface area contributed by atoms with Crippen LogP contribution in [0.4, 0.5) is 0 Å². The second-order valence-electron chi connectivity index (χ2n) is 5.31. The van der Waals surface area contributed by atoms with E-state index in [0.29, 0.717) is 18.7 Å². The second-order valence-corrected chi connectivity index (χ2v) is 5.31. The fourth-order valence-electron chi connectivity index (χ4n) is 2.41. The molecule has 1 aliphatic rings. The fourth-order valence-corrected chi connectivity index (χ4v) is 2.41. The van der Waals surface area contributed by atoms with E-state index in [2.05, 4.69) is 15.5 Å². The van der Waals surface area contributed by atoms with Crippen LogP contribution in [0.2, 0.25) is 0 Å². The molecule has 1 aliphatic carbocycles. The number of hydrogen-bond donors (Lipinski definition) is 1. The summed E-state index contributed by atoms with van der Waals surface area (Å²) >= 11 is 0. The summed E-state index contributed by atoms with van der Waals surface area (Å²) in [6.07, 6.45) is 0.903. The quantitative estimate of drug-likeness (QED) is 0.861. The van der Waals surface area contributed by atoms with Crippen LogP contribution in [0.1, 0.15) is 30.3 Å². The maximum absolute atomic E-state index is 11.3. The third kappa shape index (κ3) is 2.52. The van der Waals surface area contributed by atoms with Crippen LogP contribution in [0.5, 0.6) is 0 Å². The molecule has 2 aromatic rings. The van der Waals surface area contributed by atoms with E-state index in [1.54, 1.807) is 11.8 Å². The van der Waals surface area contributed by atoms with Gasteiger partial charge in [-0.1, -0.05) is 30.3 Å². The van der Waals surface area contributed by atoms with Crippen molar-refractivity contribution in [2.75, 3.05) is 7.11 Å². The molecule has 1 fully saturated rings. The molecular formula is C14H16N4O3. The topological polar surface area (TPSA) is 90.1 Å². The van der Waals surface area contributed by atoms with Gasteiger partial charge < -0.3 is 9.84 Å². The molecule has 1 atom stereocenters. The van der Waals surface area contributed by atoms with Gasteiger partial charge in [0.25, 0.3) is 0 Å². The van der Waals surface area contributed by atoms with E-state index in [9.17, 15) is 9.90 Å². The number of carbonyl (C=O) groups is 1. The van der Waals surface area contributed by atoms with Gasteiger partial charge in [-0.25, -0.2) is 4.68 Å². The number of tetrazole rings is 1. The van der Waals surface area contributed by atoms with E-state index in [4.69, 9.17) is 4.74 Å². The molecular weight excluding hydrogens is 272 g/mol. The zero-order valence-corrected chi connectivity index (χ0v) is 11.6. The first-order valence-corrected chi connectivity index (χ1v) is 6.73. The fraction of sp³-hybridized carbons (Fsp3) is 0.429. The van der Waals surface area contributed by atoms with Gasteiger partial charge in [-0.2, -0.15) is 0 Å². The third-order valence-electron chi connectivity index (χ3n) is 3.89. The molecule has 3 rings (SSSR count). The van der Waals surface area contributed by atoms with Crippen LogP contribution in [-0.2, 0) is 16.1 Å². The Hall–Kier alpha value is -2.28. The number of hydrogen-bond acceptors (Lipinski definition) is 5. The standard InChI is InChI=1S/C14H16N4O3/c1-21-11(10-5-3-2-4-6-10)12-15-16-17-18(12)9-14(7-8-14)13(19)20/h2-6,11H,7-9H2,1H3,(H,19,20). The number of aromatic nitrogens is 4. The van der Waals surface area contributed by atoms with E-state index >= 15 is 0 Å². The first kappa shape index (κ1) is 13.7. The SMILES string of the molecule is COC(c1ccccc1)c1nnnn1CC1(C(=O)O)CC1.